The van der Waals surface area contributed by atoms with Gasteiger partial charge < -0.3 is 5.32 Å². The normalized spacial score (nSPS) is 14.8. The lowest BCUT2D eigenvalue weighted by atomic mass is 10.2. The topological polar surface area (TPSA) is 72.7 Å². The number of carbonyl (C=O) groups is 1. The summed E-state index contributed by atoms with van der Waals surface area (Å²) in [7, 11) is 0. The minimum Gasteiger partial charge on any atom is -0.353 e. The fraction of sp³-hybridized carbons (Fsp3) is 0.368. The van der Waals surface area contributed by atoms with Crippen molar-refractivity contribution in [3.05, 3.63) is 42.4 Å². The van der Waals surface area contributed by atoms with Crippen LogP contribution in [-0.4, -0.2) is 37.5 Å². The van der Waals surface area contributed by atoms with E-state index in [-0.39, 0.29) is 5.91 Å². The fourth-order valence-corrected chi connectivity index (χ4v) is 4.06. The molecule has 1 amide bonds. The predicted molar refractivity (Wildman–Crippen MR) is 103 cm³/mol. The molecule has 2 heterocycles. The average molecular weight is 367 g/mol. The average Bonchev–Trinajstić information content (AvgIpc) is 3.30. The second kappa shape index (κ2) is 7.45. The van der Waals surface area contributed by atoms with Gasteiger partial charge in [0.15, 0.2) is 5.65 Å². The van der Waals surface area contributed by atoms with Crippen molar-refractivity contribution in [1.82, 2.24) is 25.1 Å². The molecule has 1 aliphatic rings. The molecule has 0 saturated heterocycles. The molecule has 0 aliphatic heterocycles. The maximum atomic E-state index is 12.2. The molecule has 0 spiro atoms. The molecule has 0 bridgehead atoms. The first-order valence-electron chi connectivity index (χ1n) is 8.88. The highest BCUT2D eigenvalue weighted by molar-refractivity contribution is 8.00. The van der Waals surface area contributed by atoms with Crippen molar-refractivity contribution in [3.8, 4) is 5.69 Å². The van der Waals surface area contributed by atoms with E-state index in [2.05, 4.69) is 27.3 Å². The quantitative estimate of drug-likeness (QED) is 0.553. The Hall–Kier alpha value is -2.41. The van der Waals surface area contributed by atoms with Gasteiger partial charge >= 0.3 is 0 Å². The van der Waals surface area contributed by atoms with Crippen molar-refractivity contribution < 1.29 is 4.79 Å². The first-order chi connectivity index (χ1) is 12.7. The molecule has 7 heteroatoms. The number of amides is 1. The van der Waals surface area contributed by atoms with Crippen molar-refractivity contribution in [2.24, 2.45) is 0 Å². The Kier molecular flexibility index (Phi) is 4.88. The number of nitrogens with zero attached hydrogens (tertiary/aromatic N) is 4. The van der Waals surface area contributed by atoms with E-state index < -0.39 is 0 Å². The molecule has 134 valence electrons. The zero-order chi connectivity index (χ0) is 17.9. The number of rotatable bonds is 5. The van der Waals surface area contributed by atoms with Gasteiger partial charge in [0.2, 0.25) is 5.91 Å². The first-order valence-corrected chi connectivity index (χ1v) is 9.87. The minimum atomic E-state index is 0.0691. The van der Waals surface area contributed by atoms with Gasteiger partial charge in [-0.3, -0.25) is 4.79 Å². The van der Waals surface area contributed by atoms with E-state index in [1.807, 2.05) is 24.3 Å². The second-order valence-electron chi connectivity index (χ2n) is 6.65. The highest BCUT2D eigenvalue weighted by atomic mass is 32.2. The standard InChI is InChI=1S/C19H21N5OS/c1-13-6-8-15(9-7-13)24-18-16(10-22-24)19(21-12-20-18)26-11-17(25)23-14-4-2-3-5-14/h6-10,12,14H,2-5,11H2,1H3,(H,23,25). The van der Waals surface area contributed by atoms with Gasteiger partial charge in [0, 0.05) is 6.04 Å². The van der Waals surface area contributed by atoms with Gasteiger partial charge in [0.25, 0.3) is 0 Å². The number of hydrogen-bond donors (Lipinski definition) is 1. The highest BCUT2D eigenvalue weighted by Crippen LogP contribution is 2.26. The number of benzene rings is 1. The summed E-state index contributed by atoms with van der Waals surface area (Å²) in [5.74, 6) is 0.429. The molecule has 1 aliphatic carbocycles. The van der Waals surface area contributed by atoms with Crippen molar-refractivity contribution >= 4 is 28.7 Å². The number of aromatic nitrogens is 4. The van der Waals surface area contributed by atoms with Crippen LogP contribution < -0.4 is 5.32 Å². The number of carbonyl (C=O) groups excluding carboxylic acids is 1. The van der Waals surface area contributed by atoms with Gasteiger partial charge in [-0.2, -0.15) is 5.10 Å². The van der Waals surface area contributed by atoms with Gasteiger partial charge in [-0.05, 0) is 31.9 Å². The second-order valence-corrected chi connectivity index (χ2v) is 7.61. The Labute approximate surface area is 156 Å². The summed E-state index contributed by atoms with van der Waals surface area (Å²) in [6.45, 7) is 2.05. The van der Waals surface area contributed by atoms with Crippen LogP contribution in [0.5, 0.6) is 0 Å². The van der Waals surface area contributed by atoms with E-state index in [0.717, 1.165) is 34.6 Å². The molecular formula is C19H21N5OS. The number of fused-ring (bicyclic) bond motifs is 1. The van der Waals surface area contributed by atoms with Gasteiger partial charge in [-0.25, -0.2) is 14.6 Å². The van der Waals surface area contributed by atoms with Gasteiger partial charge in [0.1, 0.15) is 11.4 Å². The molecule has 0 radical (unpaired) electrons. The molecule has 1 aromatic carbocycles. The number of aryl methyl sites for hydroxylation is 1. The third-order valence-corrected chi connectivity index (χ3v) is 5.67. The van der Waals surface area contributed by atoms with E-state index in [0.29, 0.717) is 11.8 Å². The Morgan fingerprint density at radius 3 is 2.77 bits per heavy atom. The lowest BCUT2D eigenvalue weighted by molar-refractivity contribution is -0.119. The molecule has 2 aromatic heterocycles. The molecule has 1 N–H and O–H groups in total. The largest absolute Gasteiger partial charge is 0.353 e. The van der Waals surface area contributed by atoms with Gasteiger partial charge in [-0.1, -0.05) is 42.3 Å². The Morgan fingerprint density at radius 2 is 2.00 bits per heavy atom. The molecule has 4 rings (SSSR count). The number of hydrogen-bond acceptors (Lipinski definition) is 5. The summed E-state index contributed by atoms with van der Waals surface area (Å²) >= 11 is 1.44. The molecule has 3 aromatic rings. The van der Waals surface area contributed by atoms with Crippen LogP contribution >= 0.6 is 11.8 Å². The van der Waals surface area contributed by atoms with Crippen LogP contribution in [0.15, 0.2) is 41.8 Å². The van der Waals surface area contributed by atoms with Gasteiger partial charge in [-0.15, -0.1) is 0 Å². The maximum Gasteiger partial charge on any atom is 0.230 e. The van der Waals surface area contributed by atoms with E-state index in [4.69, 9.17) is 0 Å². The van der Waals surface area contributed by atoms with Crippen molar-refractivity contribution in [3.63, 3.8) is 0 Å². The van der Waals surface area contributed by atoms with E-state index in [9.17, 15) is 4.79 Å². The van der Waals surface area contributed by atoms with Crippen LogP contribution in [0.25, 0.3) is 16.7 Å². The molecule has 1 saturated carbocycles. The summed E-state index contributed by atoms with van der Waals surface area (Å²) in [6, 6.07) is 8.48. The van der Waals surface area contributed by atoms with Crippen LogP contribution in [0, 0.1) is 6.92 Å². The lowest BCUT2D eigenvalue weighted by Crippen LogP contribution is -2.33. The number of thioether (sulfide) groups is 1. The van der Waals surface area contributed by atoms with Gasteiger partial charge in [0.05, 0.1) is 23.0 Å². The third-order valence-electron chi connectivity index (χ3n) is 4.67. The number of nitrogens with one attached hydrogen (secondary N) is 1. The summed E-state index contributed by atoms with van der Waals surface area (Å²) in [5.41, 5.74) is 2.91. The van der Waals surface area contributed by atoms with Crippen LogP contribution in [-0.2, 0) is 4.79 Å². The molecular weight excluding hydrogens is 346 g/mol. The van der Waals surface area contributed by atoms with Crippen molar-refractivity contribution in [1.29, 1.82) is 0 Å². The molecule has 26 heavy (non-hydrogen) atoms. The first kappa shape index (κ1) is 17.0. The summed E-state index contributed by atoms with van der Waals surface area (Å²) in [6.07, 6.45) is 7.92. The van der Waals surface area contributed by atoms with E-state index in [1.165, 1.54) is 36.5 Å². The zero-order valence-electron chi connectivity index (χ0n) is 14.7. The molecule has 0 atom stereocenters. The molecule has 1 fully saturated rings. The van der Waals surface area contributed by atoms with Crippen molar-refractivity contribution in [2.45, 2.75) is 43.7 Å². The smallest absolute Gasteiger partial charge is 0.230 e. The summed E-state index contributed by atoms with van der Waals surface area (Å²) in [4.78, 5) is 20.9. The van der Waals surface area contributed by atoms with E-state index in [1.54, 1.807) is 10.9 Å². The van der Waals surface area contributed by atoms with Crippen molar-refractivity contribution in [2.75, 3.05) is 5.75 Å². The SMILES string of the molecule is Cc1ccc(-n2ncc3c(SCC(=O)NC4CCCC4)ncnc32)cc1. The Balaban J connectivity index is 1.51. The minimum absolute atomic E-state index is 0.0691. The predicted octanol–water partition coefficient (Wildman–Crippen LogP) is 3.27. The maximum absolute atomic E-state index is 12.2. The monoisotopic (exact) mass is 367 g/mol. The Morgan fingerprint density at radius 1 is 1.23 bits per heavy atom. The zero-order valence-corrected chi connectivity index (χ0v) is 15.5. The highest BCUT2D eigenvalue weighted by Gasteiger charge is 2.18. The summed E-state index contributed by atoms with van der Waals surface area (Å²) < 4.78 is 1.80. The molecule has 6 nitrogen and oxygen atoms in total. The van der Waals surface area contributed by atoms with Crippen LogP contribution in [0.4, 0.5) is 0 Å². The van der Waals surface area contributed by atoms with Crippen LogP contribution in [0.2, 0.25) is 0 Å². The van der Waals surface area contributed by atoms with Crippen LogP contribution in [0.1, 0.15) is 31.2 Å². The third kappa shape index (κ3) is 3.58. The Bertz CT molecular complexity index is 915. The lowest BCUT2D eigenvalue weighted by Gasteiger charge is -2.11. The molecule has 0 unspecified atom stereocenters. The van der Waals surface area contributed by atoms with E-state index >= 15 is 0 Å². The van der Waals surface area contributed by atoms with Crippen LogP contribution in [0.3, 0.4) is 0 Å². The fourth-order valence-electron chi connectivity index (χ4n) is 3.29. The summed E-state index contributed by atoms with van der Waals surface area (Å²) in [5, 5.41) is 9.23.